The smallest absolute Gasteiger partial charge is 0.219 e. The summed E-state index contributed by atoms with van der Waals surface area (Å²) in [5.74, 6) is 1.01. The Hall–Kier alpha value is -0.610. The van der Waals surface area contributed by atoms with Crippen molar-refractivity contribution in [1.82, 2.24) is 14.7 Å². The van der Waals surface area contributed by atoms with Gasteiger partial charge >= 0.3 is 0 Å². The monoisotopic (exact) mass is 315 g/mol. The number of nitrogens with zero attached hydrogens (tertiary/aromatic N) is 3. The van der Waals surface area contributed by atoms with Gasteiger partial charge in [-0.05, 0) is 33.0 Å². The van der Waals surface area contributed by atoms with Crippen LogP contribution in [-0.2, 0) is 4.79 Å². The second-order valence-corrected chi connectivity index (χ2v) is 5.67. The summed E-state index contributed by atoms with van der Waals surface area (Å²) in [4.78, 5) is 18.0. The Morgan fingerprint density at radius 1 is 1.05 bits per heavy atom. The van der Waals surface area contributed by atoms with Gasteiger partial charge in [-0.25, -0.2) is 0 Å². The highest BCUT2D eigenvalue weighted by Gasteiger charge is 2.20. The molecule has 0 radical (unpaired) electrons. The van der Waals surface area contributed by atoms with Crippen molar-refractivity contribution in [2.45, 2.75) is 54.4 Å². The highest BCUT2D eigenvalue weighted by molar-refractivity contribution is 5.73. The molecule has 1 heterocycles. The minimum atomic E-state index is 0.217. The molecule has 0 aromatic heterocycles. The van der Waals surface area contributed by atoms with Crippen LogP contribution in [-0.4, -0.2) is 74.0 Å². The standard InChI is InChI=1S/C14H29N3O.2C2H6/c1-5-14(6-7-15(3)4)12-16-8-10-17(11-9-16)13(2)18;2*1-2/h14H,5-12H2,1-4H3;2*1-2H3. The minimum Gasteiger partial charge on any atom is -0.340 e. The van der Waals surface area contributed by atoms with E-state index in [-0.39, 0.29) is 5.91 Å². The normalized spacial score (nSPS) is 16.3. The molecule has 1 rings (SSSR count). The van der Waals surface area contributed by atoms with E-state index in [1.165, 1.54) is 25.9 Å². The molecule has 134 valence electrons. The molecular formula is C18H41N3O. The van der Waals surface area contributed by atoms with E-state index in [1.54, 1.807) is 6.92 Å². The van der Waals surface area contributed by atoms with Crippen LogP contribution in [0.1, 0.15) is 54.4 Å². The topological polar surface area (TPSA) is 26.8 Å². The number of hydrogen-bond donors (Lipinski definition) is 0. The zero-order valence-electron chi connectivity index (χ0n) is 16.5. The summed E-state index contributed by atoms with van der Waals surface area (Å²) in [5.41, 5.74) is 0. The maximum Gasteiger partial charge on any atom is 0.219 e. The van der Waals surface area contributed by atoms with Gasteiger partial charge in [0, 0.05) is 39.6 Å². The van der Waals surface area contributed by atoms with Crippen molar-refractivity contribution in [3.8, 4) is 0 Å². The average molecular weight is 316 g/mol. The predicted octanol–water partition coefficient (Wildman–Crippen LogP) is 3.18. The van der Waals surface area contributed by atoms with E-state index in [1.807, 2.05) is 32.6 Å². The SMILES string of the molecule is CC.CC.CCC(CCN(C)C)CN1CCN(C(C)=O)CC1. The number of carbonyl (C=O) groups is 1. The lowest BCUT2D eigenvalue weighted by molar-refractivity contribution is -0.130. The molecule has 0 N–H and O–H groups in total. The van der Waals surface area contributed by atoms with Gasteiger partial charge in [0.15, 0.2) is 0 Å². The number of amides is 1. The summed E-state index contributed by atoms with van der Waals surface area (Å²) in [7, 11) is 4.27. The van der Waals surface area contributed by atoms with Gasteiger partial charge in [-0.2, -0.15) is 0 Å². The molecule has 0 aromatic rings. The lowest BCUT2D eigenvalue weighted by atomic mass is 10.0. The fraction of sp³-hybridized carbons (Fsp3) is 0.944. The Kier molecular flexibility index (Phi) is 16.4. The average Bonchev–Trinajstić information content (AvgIpc) is 2.55. The fourth-order valence-corrected chi connectivity index (χ4v) is 2.48. The van der Waals surface area contributed by atoms with E-state index in [0.717, 1.165) is 32.1 Å². The van der Waals surface area contributed by atoms with E-state index in [9.17, 15) is 4.79 Å². The van der Waals surface area contributed by atoms with Gasteiger partial charge in [-0.1, -0.05) is 41.0 Å². The van der Waals surface area contributed by atoms with Crippen LogP contribution in [0.15, 0.2) is 0 Å². The van der Waals surface area contributed by atoms with Gasteiger partial charge in [0.1, 0.15) is 0 Å². The summed E-state index contributed by atoms with van der Waals surface area (Å²) in [6, 6.07) is 0. The highest BCUT2D eigenvalue weighted by atomic mass is 16.2. The number of hydrogen-bond acceptors (Lipinski definition) is 3. The molecule has 0 saturated carbocycles. The van der Waals surface area contributed by atoms with Gasteiger partial charge in [0.05, 0.1) is 0 Å². The molecule has 1 unspecified atom stereocenters. The van der Waals surface area contributed by atoms with Gasteiger partial charge in [0.2, 0.25) is 5.91 Å². The van der Waals surface area contributed by atoms with Crippen LogP contribution in [0, 0.1) is 5.92 Å². The predicted molar refractivity (Wildman–Crippen MR) is 98.3 cm³/mol. The van der Waals surface area contributed by atoms with Crippen molar-refractivity contribution in [3.05, 3.63) is 0 Å². The second kappa shape index (κ2) is 15.3. The molecule has 1 atom stereocenters. The first-order valence-electron chi connectivity index (χ1n) is 9.15. The van der Waals surface area contributed by atoms with Crippen LogP contribution in [0.3, 0.4) is 0 Å². The summed E-state index contributed by atoms with van der Waals surface area (Å²) >= 11 is 0. The van der Waals surface area contributed by atoms with Crippen LogP contribution >= 0.6 is 0 Å². The number of carbonyl (C=O) groups excluding carboxylic acids is 1. The minimum absolute atomic E-state index is 0.217. The quantitative estimate of drug-likeness (QED) is 0.753. The van der Waals surface area contributed by atoms with E-state index in [2.05, 4.69) is 30.8 Å². The fourth-order valence-electron chi connectivity index (χ4n) is 2.48. The Morgan fingerprint density at radius 3 is 1.91 bits per heavy atom. The molecule has 1 aliphatic rings. The highest BCUT2D eigenvalue weighted by Crippen LogP contribution is 2.13. The first kappa shape index (κ1) is 23.7. The summed E-state index contributed by atoms with van der Waals surface area (Å²) in [6.45, 7) is 18.2. The van der Waals surface area contributed by atoms with Crippen LogP contribution < -0.4 is 0 Å². The molecule has 1 aliphatic heterocycles. The van der Waals surface area contributed by atoms with Gasteiger partial charge in [-0.15, -0.1) is 0 Å². The largest absolute Gasteiger partial charge is 0.340 e. The number of piperazine rings is 1. The van der Waals surface area contributed by atoms with Crippen molar-refractivity contribution in [3.63, 3.8) is 0 Å². The molecule has 1 saturated heterocycles. The third kappa shape index (κ3) is 11.0. The zero-order valence-corrected chi connectivity index (χ0v) is 16.5. The van der Waals surface area contributed by atoms with E-state index in [0.29, 0.717) is 0 Å². The van der Waals surface area contributed by atoms with E-state index < -0.39 is 0 Å². The molecule has 1 amide bonds. The lowest BCUT2D eigenvalue weighted by Crippen LogP contribution is -2.49. The molecule has 0 bridgehead atoms. The maximum atomic E-state index is 11.3. The maximum absolute atomic E-state index is 11.3. The molecule has 4 nitrogen and oxygen atoms in total. The third-order valence-electron chi connectivity index (χ3n) is 3.90. The third-order valence-corrected chi connectivity index (χ3v) is 3.90. The molecule has 0 aromatic carbocycles. The second-order valence-electron chi connectivity index (χ2n) is 5.67. The Balaban J connectivity index is 0. The van der Waals surface area contributed by atoms with Crippen molar-refractivity contribution in [2.24, 2.45) is 5.92 Å². The van der Waals surface area contributed by atoms with Gasteiger partial charge in [0.25, 0.3) is 0 Å². The van der Waals surface area contributed by atoms with Gasteiger partial charge < -0.3 is 9.80 Å². The lowest BCUT2D eigenvalue weighted by Gasteiger charge is -2.36. The molecular weight excluding hydrogens is 274 g/mol. The summed E-state index contributed by atoms with van der Waals surface area (Å²) in [5, 5.41) is 0. The van der Waals surface area contributed by atoms with Crippen LogP contribution in [0.2, 0.25) is 0 Å². The van der Waals surface area contributed by atoms with Gasteiger partial charge in [-0.3, -0.25) is 9.69 Å². The first-order valence-corrected chi connectivity index (χ1v) is 9.15. The van der Waals surface area contributed by atoms with Crippen molar-refractivity contribution >= 4 is 5.91 Å². The molecule has 0 spiro atoms. The van der Waals surface area contributed by atoms with Crippen LogP contribution in [0.5, 0.6) is 0 Å². The Labute approximate surface area is 139 Å². The first-order chi connectivity index (χ1) is 10.5. The summed E-state index contributed by atoms with van der Waals surface area (Å²) in [6.07, 6.45) is 2.52. The molecule has 1 fully saturated rings. The van der Waals surface area contributed by atoms with Crippen molar-refractivity contribution in [1.29, 1.82) is 0 Å². The summed E-state index contributed by atoms with van der Waals surface area (Å²) < 4.78 is 0. The zero-order chi connectivity index (χ0) is 17.5. The Bertz CT molecular complexity index is 249. The van der Waals surface area contributed by atoms with E-state index >= 15 is 0 Å². The van der Waals surface area contributed by atoms with Crippen molar-refractivity contribution < 1.29 is 4.79 Å². The molecule has 0 aliphatic carbocycles. The van der Waals surface area contributed by atoms with E-state index in [4.69, 9.17) is 0 Å². The number of rotatable bonds is 6. The van der Waals surface area contributed by atoms with Crippen LogP contribution in [0.4, 0.5) is 0 Å². The molecule has 22 heavy (non-hydrogen) atoms. The van der Waals surface area contributed by atoms with Crippen LogP contribution in [0.25, 0.3) is 0 Å². The Morgan fingerprint density at radius 2 is 1.55 bits per heavy atom. The van der Waals surface area contributed by atoms with Crippen molar-refractivity contribution in [2.75, 3.05) is 53.4 Å². The molecule has 4 heteroatoms.